The van der Waals surface area contributed by atoms with Crippen LogP contribution >= 0.6 is 11.3 Å². The quantitative estimate of drug-likeness (QED) is 0.833. The minimum atomic E-state index is -0.562. The molecule has 7 heteroatoms. The Morgan fingerprint density at radius 2 is 1.96 bits per heavy atom. The highest BCUT2D eigenvalue weighted by atomic mass is 32.1. The number of carbonyl (C=O) groups excluding carboxylic acids is 1. The van der Waals surface area contributed by atoms with Crippen LogP contribution in [0.25, 0.3) is 0 Å². The molecule has 126 valence electrons. The summed E-state index contributed by atoms with van der Waals surface area (Å²) in [5.74, 6) is 1.34. The number of carbonyl (C=O) groups is 1. The van der Waals surface area contributed by atoms with Gasteiger partial charge in [-0.05, 0) is 19.1 Å². The molecule has 1 unspecified atom stereocenters. The maximum Gasteiger partial charge on any atom is 0.267 e. The molecule has 0 aliphatic carbocycles. The molecule has 2 aliphatic rings. The lowest BCUT2D eigenvalue weighted by Gasteiger charge is -2.37. The zero-order valence-electron chi connectivity index (χ0n) is 13.5. The Morgan fingerprint density at radius 1 is 1.21 bits per heavy atom. The summed E-state index contributed by atoms with van der Waals surface area (Å²) in [4.78, 5) is 21.3. The molecule has 1 amide bonds. The third kappa shape index (κ3) is 2.91. The Morgan fingerprint density at radius 3 is 2.67 bits per heavy atom. The van der Waals surface area contributed by atoms with Crippen molar-refractivity contribution in [3.8, 4) is 11.5 Å². The molecule has 1 aromatic carbocycles. The molecule has 0 radical (unpaired) electrons. The standard InChI is InChI=1S/C17H19N3O3S/c1-12-11-24-17(18-12)20-8-6-19(7-9-20)16(21)15-10-22-13-4-2-3-5-14(13)23-15/h2-5,11,15H,6-10H2,1H3. The Bertz CT molecular complexity index is 740. The summed E-state index contributed by atoms with van der Waals surface area (Å²) < 4.78 is 11.5. The summed E-state index contributed by atoms with van der Waals surface area (Å²) in [6, 6.07) is 7.45. The fraction of sp³-hybridized carbons (Fsp3) is 0.412. The highest BCUT2D eigenvalue weighted by molar-refractivity contribution is 7.13. The maximum absolute atomic E-state index is 12.7. The van der Waals surface area contributed by atoms with E-state index in [1.807, 2.05) is 36.1 Å². The van der Waals surface area contributed by atoms with Gasteiger partial charge in [0, 0.05) is 31.6 Å². The topological polar surface area (TPSA) is 54.9 Å². The number of amides is 1. The van der Waals surface area contributed by atoms with Crippen molar-refractivity contribution >= 4 is 22.4 Å². The smallest absolute Gasteiger partial charge is 0.267 e. The van der Waals surface area contributed by atoms with E-state index >= 15 is 0 Å². The van der Waals surface area contributed by atoms with Gasteiger partial charge in [0.05, 0.1) is 5.69 Å². The third-order valence-corrected chi connectivity index (χ3v) is 5.27. The number of ether oxygens (including phenoxy) is 2. The van der Waals surface area contributed by atoms with Gasteiger partial charge in [0.15, 0.2) is 16.6 Å². The average Bonchev–Trinajstić information content (AvgIpc) is 3.07. The van der Waals surface area contributed by atoms with Crippen molar-refractivity contribution in [3.63, 3.8) is 0 Å². The molecule has 0 N–H and O–H groups in total. The fourth-order valence-corrected chi connectivity index (χ4v) is 3.81. The predicted octanol–water partition coefficient (Wildman–Crippen LogP) is 1.94. The zero-order chi connectivity index (χ0) is 16.5. The van der Waals surface area contributed by atoms with Gasteiger partial charge in [-0.1, -0.05) is 12.1 Å². The van der Waals surface area contributed by atoms with Crippen molar-refractivity contribution in [2.45, 2.75) is 13.0 Å². The number of rotatable bonds is 2. The highest BCUT2D eigenvalue weighted by Crippen LogP contribution is 2.31. The molecule has 0 saturated carbocycles. The molecule has 6 nitrogen and oxygen atoms in total. The Labute approximate surface area is 144 Å². The molecule has 0 bridgehead atoms. The lowest BCUT2D eigenvalue weighted by Crippen LogP contribution is -2.54. The summed E-state index contributed by atoms with van der Waals surface area (Å²) in [6.07, 6.45) is -0.562. The van der Waals surface area contributed by atoms with Gasteiger partial charge in [-0.2, -0.15) is 0 Å². The molecular formula is C17H19N3O3S. The summed E-state index contributed by atoms with van der Waals surface area (Å²) >= 11 is 1.65. The molecule has 1 fully saturated rings. The second-order valence-electron chi connectivity index (χ2n) is 5.95. The first-order valence-corrected chi connectivity index (χ1v) is 8.93. The number of benzene rings is 1. The van der Waals surface area contributed by atoms with Crippen LogP contribution in [-0.4, -0.2) is 54.7 Å². The van der Waals surface area contributed by atoms with Crippen LogP contribution in [0.4, 0.5) is 5.13 Å². The second kappa shape index (κ2) is 6.32. The van der Waals surface area contributed by atoms with Crippen LogP contribution in [0, 0.1) is 6.92 Å². The number of anilines is 1. The van der Waals surface area contributed by atoms with Crippen molar-refractivity contribution in [3.05, 3.63) is 35.3 Å². The number of fused-ring (bicyclic) bond motifs is 1. The summed E-state index contributed by atoms with van der Waals surface area (Å²) in [5, 5.41) is 3.09. The van der Waals surface area contributed by atoms with Gasteiger partial charge >= 0.3 is 0 Å². The van der Waals surface area contributed by atoms with Gasteiger partial charge in [-0.25, -0.2) is 4.98 Å². The van der Waals surface area contributed by atoms with Crippen LogP contribution in [0.5, 0.6) is 11.5 Å². The third-order valence-electron chi connectivity index (χ3n) is 4.25. The van der Waals surface area contributed by atoms with Gasteiger partial charge in [0.25, 0.3) is 5.91 Å². The Balaban J connectivity index is 1.37. The maximum atomic E-state index is 12.7. The molecule has 1 aromatic heterocycles. The lowest BCUT2D eigenvalue weighted by molar-refractivity contribution is -0.141. The van der Waals surface area contributed by atoms with Crippen LogP contribution in [0.1, 0.15) is 5.69 Å². The van der Waals surface area contributed by atoms with E-state index in [0.29, 0.717) is 24.6 Å². The molecule has 0 spiro atoms. The van der Waals surface area contributed by atoms with Gasteiger partial charge in [0.2, 0.25) is 6.10 Å². The van der Waals surface area contributed by atoms with E-state index in [9.17, 15) is 4.79 Å². The van der Waals surface area contributed by atoms with Gasteiger partial charge in [-0.15, -0.1) is 11.3 Å². The number of aryl methyl sites for hydroxylation is 1. The molecule has 2 aliphatic heterocycles. The van der Waals surface area contributed by atoms with Crippen molar-refractivity contribution in [1.82, 2.24) is 9.88 Å². The first-order valence-electron chi connectivity index (χ1n) is 8.05. The van der Waals surface area contributed by atoms with Crippen molar-refractivity contribution in [2.75, 3.05) is 37.7 Å². The van der Waals surface area contributed by atoms with E-state index in [1.165, 1.54) is 0 Å². The number of piperazine rings is 1. The molecule has 4 rings (SSSR count). The zero-order valence-corrected chi connectivity index (χ0v) is 14.3. The van der Waals surface area contributed by atoms with Crippen LogP contribution in [0.15, 0.2) is 29.6 Å². The molecule has 3 heterocycles. The summed E-state index contributed by atoms with van der Waals surface area (Å²) in [5.41, 5.74) is 1.04. The lowest BCUT2D eigenvalue weighted by atomic mass is 10.2. The van der Waals surface area contributed by atoms with Crippen LogP contribution in [0.3, 0.4) is 0 Å². The first kappa shape index (κ1) is 15.3. The fourth-order valence-electron chi connectivity index (χ4n) is 2.95. The van der Waals surface area contributed by atoms with Crippen LogP contribution in [0.2, 0.25) is 0 Å². The SMILES string of the molecule is Cc1csc(N2CCN(C(=O)C3COc4ccccc4O3)CC2)n1. The molecule has 2 aromatic rings. The minimum absolute atomic E-state index is 0.000489. The number of thiazole rings is 1. The Kier molecular flexibility index (Phi) is 4.02. The summed E-state index contributed by atoms with van der Waals surface area (Å²) in [7, 11) is 0. The molecular weight excluding hydrogens is 326 g/mol. The number of hydrogen-bond donors (Lipinski definition) is 0. The van der Waals surface area contributed by atoms with Crippen molar-refractivity contribution in [2.24, 2.45) is 0 Å². The number of para-hydroxylation sites is 2. The highest BCUT2D eigenvalue weighted by Gasteiger charge is 2.32. The number of nitrogens with zero attached hydrogens (tertiary/aromatic N) is 3. The van der Waals surface area contributed by atoms with Gasteiger partial charge in [-0.3, -0.25) is 4.79 Å². The minimum Gasteiger partial charge on any atom is -0.485 e. The largest absolute Gasteiger partial charge is 0.485 e. The van der Waals surface area contributed by atoms with Gasteiger partial charge < -0.3 is 19.3 Å². The van der Waals surface area contributed by atoms with E-state index in [-0.39, 0.29) is 12.5 Å². The molecule has 1 saturated heterocycles. The van der Waals surface area contributed by atoms with E-state index in [1.54, 1.807) is 11.3 Å². The Hall–Kier alpha value is -2.28. The normalized spacial score (nSPS) is 20.1. The molecule has 24 heavy (non-hydrogen) atoms. The van der Waals surface area contributed by atoms with E-state index < -0.39 is 6.10 Å². The van der Waals surface area contributed by atoms with Crippen molar-refractivity contribution in [1.29, 1.82) is 0 Å². The number of hydrogen-bond acceptors (Lipinski definition) is 6. The van der Waals surface area contributed by atoms with Crippen molar-refractivity contribution < 1.29 is 14.3 Å². The monoisotopic (exact) mass is 345 g/mol. The van der Waals surface area contributed by atoms with E-state index in [4.69, 9.17) is 9.47 Å². The van der Waals surface area contributed by atoms with E-state index in [0.717, 1.165) is 23.9 Å². The first-order chi connectivity index (χ1) is 11.7. The van der Waals surface area contributed by atoms with E-state index in [2.05, 4.69) is 15.3 Å². The van der Waals surface area contributed by atoms with Crippen LogP contribution < -0.4 is 14.4 Å². The van der Waals surface area contributed by atoms with Gasteiger partial charge in [0.1, 0.15) is 6.61 Å². The van der Waals surface area contributed by atoms with Crippen LogP contribution in [-0.2, 0) is 4.79 Å². The predicted molar refractivity (Wildman–Crippen MR) is 92.0 cm³/mol. The second-order valence-corrected chi connectivity index (χ2v) is 6.78. The molecule has 1 atom stereocenters. The number of aromatic nitrogens is 1. The summed E-state index contributed by atoms with van der Waals surface area (Å²) in [6.45, 7) is 5.21. The average molecular weight is 345 g/mol.